The Morgan fingerprint density at radius 1 is 0.925 bits per heavy atom. The molecule has 5 atom stereocenters. The Kier molecular flexibility index (Phi) is 18.2. The van der Waals surface area contributed by atoms with Crippen LogP contribution in [-0.4, -0.2) is 166 Å². The number of piperidine rings is 1. The number of hydrogen-bond acceptors (Lipinski definition) is 15. The molecule has 2 aromatic heterocycles. The van der Waals surface area contributed by atoms with E-state index in [1.54, 1.807) is 28.4 Å². The number of ether oxygens (including phenoxy) is 3. The van der Waals surface area contributed by atoms with E-state index >= 15 is 4.39 Å². The highest BCUT2D eigenvalue weighted by Gasteiger charge is 2.45. The van der Waals surface area contributed by atoms with Crippen LogP contribution in [0.15, 0.2) is 72.2 Å². The Hall–Kier alpha value is -6.55. The first-order valence-electron chi connectivity index (χ1n) is 27.3. The van der Waals surface area contributed by atoms with Crippen LogP contribution in [0.1, 0.15) is 78.1 Å². The Bertz CT molecular complexity index is 3220. The fourth-order valence-corrected chi connectivity index (χ4v) is 12.0. The number of aromatic nitrogens is 3. The fraction of sp³-hybridized carbons (Fsp3) is 0.475. The van der Waals surface area contributed by atoms with Crippen LogP contribution in [0.4, 0.5) is 10.2 Å². The number of aliphatic hydroxyl groups is 1. The van der Waals surface area contributed by atoms with Crippen molar-refractivity contribution in [1.29, 1.82) is 0 Å². The number of amides is 4. The maximum absolute atomic E-state index is 17.1. The molecule has 4 N–H and O–H groups in total. The number of benzene rings is 4. The topological polar surface area (TPSA) is 212 Å². The molecule has 3 saturated heterocycles. The van der Waals surface area contributed by atoms with Gasteiger partial charge in [-0.3, -0.25) is 24.1 Å². The van der Waals surface area contributed by atoms with Crippen molar-refractivity contribution >= 4 is 74.1 Å². The second-order valence-electron chi connectivity index (χ2n) is 22.2. The standard InChI is InChI=1S/C59H71ClFN9O9S/c1-34(79-58-65-52-46(55(66-58)69-22-20-68(21-23-69)37(4)71)29-47(60)50(51(52)61)45-27-41(72)26-40-10-8-9-11-44(40)45)30-67-18-16-43(17-19-67)78-25-24-77-32-49(74)64-54(59(5,6)7)57(76)70-31-42(73)28-48(70)56(75)63-35(2)38-12-14-39(15-13-38)53-36(3)62-33-80-53/h8-15,26-27,29,33-35,42-43,48,54,72-73H,16-25,28,30-32H2,1-7H3,(H,63,75)(H,64,74)/t34-,35+,42-,48+,54-/m1/s1. The van der Waals surface area contributed by atoms with Gasteiger partial charge in [0.2, 0.25) is 23.6 Å². The number of hydrogen-bond donors (Lipinski definition) is 4. The van der Waals surface area contributed by atoms with Gasteiger partial charge in [-0.15, -0.1) is 11.3 Å². The maximum atomic E-state index is 17.1. The van der Waals surface area contributed by atoms with Gasteiger partial charge in [0.15, 0.2) is 5.82 Å². The van der Waals surface area contributed by atoms with Gasteiger partial charge in [0, 0.05) is 76.7 Å². The van der Waals surface area contributed by atoms with Crippen molar-refractivity contribution in [2.75, 3.05) is 77.1 Å². The summed E-state index contributed by atoms with van der Waals surface area (Å²) in [5.74, 6) is -1.62. The summed E-state index contributed by atoms with van der Waals surface area (Å²) in [6, 6.07) is 17.8. The number of likely N-dealkylation sites (tertiary alicyclic amines) is 2. The number of phenols is 1. The van der Waals surface area contributed by atoms with Gasteiger partial charge in [-0.25, -0.2) is 9.37 Å². The highest BCUT2D eigenvalue weighted by Crippen LogP contribution is 2.43. The van der Waals surface area contributed by atoms with Gasteiger partial charge in [0.05, 0.1) is 52.6 Å². The minimum absolute atomic E-state index is 0.000975. The summed E-state index contributed by atoms with van der Waals surface area (Å²) in [6.07, 6.45) is 0.234. The average molecular weight is 1140 g/mol. The number of aryl methyl sites for hydroxylation is 1. The van der Waals surface area contributed by atoms with E-state index in [4.69, 9.17) is 30.8 Å². The van der Waals surface area contributed by atoms with E-state index in [-0.39, 0.29) is 84.6 Å². The van der Waals surface area contributed by atoms with Crippen molar-refractivity contribution in [1.82, 2.24) is 40.3 Å². The second-order valence-corrected chi connectivity index (χ2v) is 23.5. The molecular weight excluding hydrogens is 1070 g/mol. The normalized spacial score (nSPS) is 18.6. The number of nitrogens with zero attached hydrogens (tertiary/aromatic N) is 7. The van der Waals surface area contributed by atoms with Crippen molar-refractivity contribution in [3.63, 3.8) is 0 Å². The quantitative estimate of drug-likeness (QED) is 0.0609. The predicted octanol–water partition coefficient (Wildman–Crippen LogP) is 7.68. The first-order valence-corrected chi connectivity index (χ1v) is 28.6. The molecule has 3 aliphatic heterocycles. The summed E-state index contributed by atoms with van der Waals surface area (Å²) in [6.45, 7) is 16.7. The van der Waals surface area contributed by atoms with Gasteiger partial charge in [-0.2, -0.15) is 9.97 Å². The summed E-state index contributed by atoms with van der Waals surface area (Å²) in [5, 5.41) is 29.2. The number of β-amino-alcohol motifs (C(OH)–C–C–N with tert-alkyl or cyclic N) is 1. The van der Waals surface area contributed by atoms with Crippen molar-refractivity contribution in [3.8, 4) is 33.3 Å². The monoisotopic (exact) mass is 1140 g/mol. The lowest BCUT2D eigenvalue weighted by molar-refractivity contribution is -0.144. The molecule has 80 heavy (non-hydrogen) atoms. The van der Waals surface area contributed by atoms with Crippen molar-refractivity contribution < 1.29 is 48.0 Å². The van der Waals surface area contributed by atoms with Crippen molar-refractivity contribution in [2.45, 2.75) is 104 Å². The smallest absolute Gasteiger partial charge is 0.319 e. The first-order chi connectivity index (χ1) is 38.2. The largest absolute Gasteiger partial charge is 0.508 e. The Morgan fingerprint density at radius 2 is 1.65 bits per heavy atom. The lowest BCUT2D eigenvalue weighted by Gasteiger charge is -2.35. The molecule has 5 heterocycles. The van der Waals surface area contributed by atoms with E-state index in [0.29, 0.717) is 54.9 Å². The van der Waals surface area contributed by atoms with Crippen molar-refractivity contribution in [2.24, 2.45) is 5.41 Å². The number of carbonyl (C=O) groups is 4. The number of thiazole rings is 1. The molecule has 0 spiro atoms. The Labute approximate surface area is 474 Å². The number of nitrogens with one attached hydrogen (secondary N) is 2. The number of rotatable bonds is 18. The molecule has 0 saturated carbocycles. The minimum atomic E-state index is -0.999. The average Bonchev–Trinajstić information content (AvgIpc) is 4.11. The van der Waals surface area contributed by atoms with Gasteiger partial charge >= 0.3 is 6.01 Å². The molecule has 0 unspecified atom stereocenters. The molecule has 426 valence electrons. The maximum Gasteiger partial charge on any atom is 0.319 e. The molecule has 4 aromatic carbocycles. The zero-order valence-electron chi connectivity index (χ0n) is 46.3. The number of aliphatic hydroxyl groups excluding tert-OH is 1. The van der Waals surface area contributed by atoms with Crippen LogP contribution in [0.5, 0.6) is 11.8 Å². The highest BCUT2D eigenvalue weighted by molar-refractivity contribution is 7.13. The molecule has 9 rings (SSSR count). The van der Waals surface area contributed by atoms with Crippen LogP contribution >= 0.6 is 22.9 Å². The molecule has 0 radical (unpaired) electrons. The zero-order valence-corrected chi connectivity index (χ0v) is 47.9. The van der Waals surface area contributed by atoms with Crippen LogP contribution < -0.4 is 20.3 Å². The molecule has 6 aromatic rings. The SMILES string of the molecule is CC(=O)N1CCN(c2nc(O[C@H](C)CN3CCC(OCCOCC(=O)N[C@H](C(=O)N4C[C@H](O)C[C@H]4C(=O)N[C@@H](C)c4ccc(-c5scnc5C)cc4)C(C)(C)C)CC3)nc3c(F)c(-c4cc(O)cc5ccccc45)c(Cl)cc23)CC1. The number of piperazine rings is 1. The third kappa shape index (κ3) is 13.4. The summed E-state index contributed by atoms with van der Waals surface area (Å²) in [5.41, 5.74) is 4.50. The molecule has 0 bridgehead atoms. The van der Waals surface area contributed by atoms with E-state index in [1.165, 1.54) is 17.9 Å². The van der Waals surface area contributed by atoms with Gasteiger partial charge in [0.1, 0.15) is 41.9 Å². The van der Waals surface area contributed by atoms with Crippen molar-refractivity contribution in [3.05, 3.63) is 94.3 Å². The molecule has 4 amide bonds. The van der Waals surface area contributed by atoms with E-state index < -0.39 is 47.3 Å². The number of carbonyl (C=O) groups excluding carboxylic acids is 4. The van der Waals surface area contributed by atoms with Crippen LogP contribution in [-0.2, 0) is 28.7 Å². The van der Waals surface area contributed by atoms with Crippen LogP contribution in [0.25, 0.3) is 43.2 Å². The molecule has 18 nitrogen and oxygen atoms in total. The molecule has 0 aliphatic carbocycles. The fourth-order valence-electron chi connectivity index (χ4n) is 10.9. The Balaban J connectivity index is 0.750. The first kappa shape index (κ1) is 58.1. The molecule has 21 heteroatoms. The number of fused-ring (bicyclic) bond motifs is 2. The highest BCUT2D eigenvalue weighted by atomic mass is 35.5. The number of anilines is 1. The molecule has 3 fully saturated rings. The van der Waals surface area contributed by atoms with E-state index in [9.17, 15) is 29.4 Å². The van der Waals surface area contributed by atoms with Crippen LogP contribution in [0, 0.1) is 18.2 Å². The minimum Gasteiger partial charge on any atom is -0.508 e. The number of aromatic hydroxyl groups is 1. The van der Waals surface area contributed by atoms with E-state index in [1.807, 2.05) is 100 Å². The Morgan fingerprint density at radius 3 is 2.34 bits per heavy atom. The summed E-state index contributed by atoms with van der Waals surface area (Å²) in [7, 11) is 0. The summed E-state index contributed by atoms with van der Waals surface area (Å²) < 4.78 is 35.4. The molecule has 3 aliphatic rings. The van der Waals surface area contributed by atoms with Gasteiger partial charge in [-0.05, 0) is 84.7 Å². The summed E-state index contributed by atoms with van der Waals surface area (Å²) in [4.78, 5) is 75.7. The lowest BCUT2D eigenvalue weighted by Crippen LogP contribution is -2.58. The third-order valence-electron chi connectivity index (χ3n) is 15.2. The van der Waals surface area contributed by atoms with E-state index in [2.05, 4.69) is 25.5 Å². The third-order valence-corrected chi connectivity index (χ3v) is 16.5. The second kappa shape index (κ2) is 25.1. The predicted molar refractivity (Wildman–Crippen MR) is 306 cm³/mol. The van der Waals surface area contributed by atoms with Crippen LogP contribution in [0.3, 0.4) is 0 Å². The number of halogens is 2. The van der Waals surface area contributed by atoms with Crippen LogP contribution in [0.2, 0.25) is 5.02 Å². The van der Waals surface area contributed by atoms with E-state index in [0.717, 1.165) is 53.0 Å². The number of phenolic OH excluding ortho intramolecular Hbond substituents is 1. The van der Waals surface area contributed by atoms with Gasteiger partial charge in [-0.1, -0.05) is 80.9 Å². The summed E-state index contributed by atoms with van der Waals surface area (Å²) >= 11 is 8.49. The molecular formula is C59H71ClFN9O9S. The van der Waals surface area contributed by atoms with Gasteiger partial charge < -0.3 is 49.8 Å². The van der Waals surface area contributed by atoms with Gasteiger partial charge in [0.25, 0.3) is 0 Å². The zero-order chi connectivity index (χ0) is 57.0. The lowest BCUT2D eigenvalue weighted by atomic mass is 9.85.